The molecule has 1 aromatic carbocycles. The van der Waals surface area contributed by atoms with Crippen LogP contribution in [0.25, 0.3) is 6.08 Å². The molecule has 1 atom stereocenters. The Morgan fingerprint density at radius 2 is 1.95 bits per heavy atom. The largest absolute Gasteiger partial charge is 0.366 e. The summed E-state index contributed by atoms with van der Waals surface area (Å²) in [6, 6.07) is 6.88. The molecule has 0 aliphatic carbocycles. The van der Waals surface area contributed by atoms with Gasteiger partial charge in [-0.3, -0.25) is 9.59 Å². The molecule has 0 saturated carbocycles. The van der Waals surface area contributed by atoms with Crippen LogP contribution in [0.1, 0.15) is 28.8 Å². The minimum atomic E-state index is -0.459. The van der Waals surface area contributed by atoms with E-state index in [1.54, 1.807) is 35.2 Å². The SMILES string of the molecule is NC(=O)c1ccc(/C=C/C(=O)N2CCCC(N)C2)cc1. The second-order valence-electron chi connectivity index (χ2n) is 5.01. The standard InChI is InChI=1S/C15H19N3O2/c16-13-2-1-9-18(10-13)14(19)8-5-11-3-6-12(7-4-11)15(17)20/h3-8,13H,1-2,9-10,16H2,(H2,17,20)/b8-5+. The second kappa shape index (κ2) is 6.34. The lowest BCUT2D eigenvalue weighted by Crippen LogP contribution is -2.45. The molecule has 1 aromatic rings. The Kier molecular flexibility index (Phi) is 4.53. The Labute approximate surface area is 118 Å². The number of hydrogen-bond donors (Lipinski definition) is 2. The van der Waals surface area contributed by atoms with Gasteiger partial charge >= 0.3 is 0 Å². The van der Waals surface area contributed by atoms with Gasteiger partial charge in [-0.1, -0.05) is 12.1 Å². The van der Waals surface area contributed by atoms with Gasteiger partial charge in [0, 0.05) is 30.8 Å². The highest BCUT2D eigenvalue weighted by molar-refractivity contribution is 5.94. The molecule has 1 aliphatic rings. The lowest BCUT2D eigenvalue weighted by Gasteiger charge is -2.29. The lowest BCUT2D eigenvalue weighted by molar-refractivity contribution is -0.127. The fraction of sp³-hybridized carbons (Fsp3) is 0.333. The van der Waals surface area contributed by atoms with Crippen LogP contribution >= 0.6 is 0 Å². The number of carbonyl (C=O) groups is 2. The molecule has 2 rings (SSSR count). The van der Waals surface area contributed by atoms with E-state index < -0.39 is 5.91 Å². The molecular formula is C15H19N3O2. The van der Waals surface area contributed by atoms with Gasteiger partial charge in [-0.15, -0.1) is 0 Å². The van der Waals surface area contributed by atoms with Crippen LogP contribution < -0.4 is 11.5 Å². The molecule has 1 fully saturated rings. The summed E-state index contributed by atoms with van der Waals surface area (Å²) < 4.78 is 0. The number of amides is 2. The molecule has 2 amide bonds. The number of nitrogens with zero attached hydrogens (tertiary/aromatic N) is 1. The zero-order valence-corrected chi connectivity index (χ0v) is 11.3. The summed E-state index contributed by atoms with van der Waals surface area (Å²) in [6.07, 6.45) is 5.20. The predicted molar refractivity (Wildman–Crippen MR) is 77.8 cm³/mol. The van der Waals surface area contributed by atoms with E-state index in [0.29, 0.717) is 12.1 Å². The van der Waals surface area contributed by atoms with E-state index in [-0.39, 0.29) is 11.9 Å². The Balaban J connectivity index is 1.97. The van der Waals surface area contributed by atoms with Gasteiger partial charge in [0.25, 0.3) is 0 Å². The summed E-state index contributed by atoms with van der Waals surface area (Å²) in [5.41, 5.74) is 12.3. The number of piperidine rings is 1. The maximum absolute atomic E-state index is 12.0. The predicted octanol–water partition coefficient (Wildman–Crippen LogP) is 0.748. The highest BCUT2D eigenvalue weighted by Crippen LogP contribution is 2.10. The van der Waals surface area contributed by atoms with Crippen LogP contribution in [0.5, 0.6) is 0 Å². The summed E-state index contributed by atoms with van der Waals surface area (Å²) in [6.45, 7) is 1.38. The summed E-state index contributed by atoms with van der Waals surface area (Å²) >= 11 is 0. The smallest absolute Gasteiger partial charge is 0.248 e. The van der Waals surface area contributed by atoms with E-state index >= 15 is 0 Å². The number of benzene rings is 1. The maximum atomic E-state index is 12.0. The van der Waals surface area contributed by atoms with E-state index in [2.05, 4.69) is 0 Å². The van der Waals surface area contributed by atoms with Crippen LogP contribution in [-0.4, -0.2) is 35.8 Å². The summed E-state index contributed by atoms with van der Waals surface area (Å²) in [7, 11) is 0. The molecule has 20 heavy (non-hydrogen) atoms. The highest BCUT2D eigenvalue weighted by atomic mass is 16.2. The molecule has 1 saturated heterocycles. The molecule has 1 aliphatic heterocycles. The van der Waals surface area contributed by atoms with E-state index in [9.17, 15) is 9.59 Å². The van der Waals surface area contributed by atoms with E-state index in [0.717, 1.165) is 24.9 Å². The van der Waals surface area contributed by atoms with E-state index in [4.69, 9.17) is 11.5 Å². The molecule has 5 heteroatoms. The number of nitrogens with two attached hydrogens (primary N) is 2. The highest BCUT2D eigenvalue weighted by Gasteiger charge is 2.19. The van der Waals surface area contributed by atoms with Gasteiger partial charge < -0.3 is 16.4 Å². The van der Waals surface area contributed by atoms with Gasteiger partial charge in [-0.2, -0.15) is 0 Å². The number of carbonyl (C=O) groups excluding carboxylic acids is 2. The minimum Gasteiger partial charge on any atom is -0.366 e. The molecule has 0 bridgehead atoms. The Morgan fingerprint density at radius 1 is 1.25 bits per heavy atom. The van der Waals surface area contributed by atoms with E-state index in [1.807, 2.05) is 0 Å². The zero-order chi connectivity index (χ0) is 14.5. The third-order valence-electron chi connectivity index (χ3n) is 3.38. The van der Waals surface area contributed by atoms with Gasteiger partial charge in [0.1, 0.15) is 0 Å². The third-order valence-corrected chi connectivity index (χ3v) is 3.38. The molecule has 0 spiro atoms. The Hall–Kier alpha value is -2.14. The molecule has 1 heterocycles. The van der Waals surface area contributed by atoms with Gasteiger partial charge in [0.05, 0.1) is 0 Å². The van der Waals surface area contributed by atoms with Crippen LogP contribution in [0.15, 0.2) is 30.3 Å². The number of hydrogen-bond acceptors (Lipinski definition) is 3. The first-order valence-electron chi connectivity index (χ1n) is 6.68. The minimum absolute atomic E-state index is 0.0286. The molecule has 4 N–H and O–H groups in total. The second-order valence-corrected chi connectivity index (χ2v) is 5.01. The van der Waals surface area contributed by atoms with Crippen molar-refractivity contribution in [2.45, 2.75) is 18.9 Å². The zero-order valence-electron chi connectivity index (χ0n) is 11.3. The van der Waals surface area contributed by atoms with Crippen LogP contribution in [0.3, 0.4) is 0 Å². The third kappa shape index (κ3) is 3.68. The van der Waals surface area contributed by atoms with Crippen LogP contribution in [-0.2, 0) is 4.79 Å². The monoisotopic (exact) mass is 273 g/mol. The van der Waals surface area contributed by atoms with Crippen molar-refractivity contribution in [2.75, 3.05) is 13.1 Å². The van der Waals surface area contributed by atoms with Gasteiger partial charge in [-0.05, 0) is 36.6 Å². The van der Waals surface area contributed by atoms with Crippen molar-refractivity contribution in [3.05, 3.63) is 41.5 Å². The van der Waals surface area contributed by atoms with Crippen molar-refractivity contribution < 1.29 is 9.59 Å². The van der Waals surface area contributed by atoms with Crippen molar-refractivity contribution >= 4 is 17.9 Å². The lowest BCUT2D eigenvalue weighted by atomic mass is 10.1. The summed E-state index contributed by atoms with van der Waals surface area (Å²) in [5, 5.41) is 0. The fourth-order valence-corrected chi connectivity index (χ4v) is 2.24. The van der Waals surface area contributed by atoms with Gasteiger partial charge in [0.2, 0.25) is 11.8 Å². The number of primary amides is 1. The fourth-order valence-electron chi connectivity index (χ4n) is 2.24. The Morgan fingerprint density at radius 3 is 2.55 bits per heavy atom. The molecule has 0 aromatic heterocycles. The van der Waals surface area contributed by atoms with Crippen molar-refractivity contribution in [1.29, 1.82) is 0 Å². The summed E-state index contributed by atoms with van der Waals surface area (Å²) in [5.74, 6) is -0.488. The Bertz CT molecular complexity index is 522. The quantitative estimate of drug-likeness (QED) is 0.796. The van der Waals surface area contributed by atoms with Crippen molar-refractivity contribution in [3.63, 3.8) is 0 Å². The number of likely N-dealkylation sites (tertiary alicyclic amines) is 1. The summed E-state index contributed by atoms with van der Waals surface area (Å²) in [4.78, 5) is 24.7. The first kappa shape index (κ1) is 14.3. The van der Waals surface area contributed by atoms with Crippen molar-refractivity contribution in [1.82, 2.24) is 4.90 Å². The molecule has 0 radical (unpaired) electrons. The molecule has 106 valence electrons. The average molecular weight is 273 g/mol. The molecule has 1 unspecified atom stereocenters. The average Bonchev–Trinajstić information content (AvgIpc) is 2.45. The van der Waals surface area contributed by atoms with Crippen molar-refractivity contribution in [2.24, 2.45) is 11.5 Å². The van der Waals surface area contributed by atoms with Crippen LogP contribution in [0.2, 0.25) is 0 Å². The first-order valence-corrected chi connectivity index (χ1v) is 6.68. The van der Waals surface area contributed by atoms with Crippen molar-refractivity contribution in [3.8, 4) is 0 Å². The first-order chi connectivity index (χ1) is 9.56. The van der Waals surface area contributed by atoms with E-state index in [1.165, 1.54) is 6.08 Å². The number of rotatable bonds is 3. The van der Waals surface area contributed by atoms with Gasteiger partial charge in [-0.25, -0.2) is 0 Å². The molecule has 5 nitrogen and oxygen atoms in total. The topological polar surface area (TPSA) is 89.4 Å². The van der Waals surface area contributed by atoms with Crippen LogP contribution in [0, 0.1) is 0 Å². The normalized spacial score (nSPS) is 19.2. The van der Waals surface area contributed by atoms with Crippen LogP contribution in [0.4, 0.5) is 0 Å². The molecular weight excluding hydrogens is 254 g/mol. The van der Waals surface area contributed by atoms with Gasteiger partial charge in [0.15, 0.2) is 0 Å². The maximum Gasteiger partial charge on any atom is 0.248 e.